The molecule has 86 valence electrons. The van der Waals surface area contributed by atoms with Gasteiger partial charge in [-0.1, -0.05) is 53.8 Å². The highest BCUT2D eigenvalue weighted by molar-refractivity contribution is 8.24. The van der Waals surface area contributed by atoms with Gasteiger partial charge in [0.05, 0.1) is 25.0 Å². The van der Waals surface area contributed by atoms with Gasteiger partial charge in [-0.2, -0.15) is 0 Å². The van der Waals surface area contributed by atoms with E-state index in [1.807, 2.05) is 0 Å². The molecule has 0 aliphatic carbocycles. The first-order valence-corrected chi connectivity index (χ1v) is 7.45. The van der Waals surface area contributed by atoms with Crippen LogP contribution in [0.1, 0.15) is 27.7 Å². The highest BCUT2D eigenvalue weighted by Gasteiger charge is 2.33. The highest BCUT2D eigenvalue weighted by atomic mass is 32.2. The average molecular weight is 277 g/mol. The lowest BCUT2D eigenvalue weighted by Gasteiger charge is -2.09. The summed E-state index contributed by atoms with van der Waals surface area (Å²) in [4.78, 5) is 4.63. The van der Waals surface area contributed by atoms with Gasteiger partial charge in [0.25, 0.3) is 0 Å². The number of benzene rings is 1. The SMILES string of the molecule is Cc1ccc(C2C(=S)Sc3sc(C)nc32)cc1. The molecule has 0 amide bonds. The second kappa shape index (κ2) is 4.19. The molecular weight excluding hydrogens is 266 g/mol. The maximum Gasteiger partial charge on any atom is 0.0909 e. The molecule has 1 aromatic heterocycles. The lowest BCUT2D eigenvalue weighted by atomic mass is 9.97. The molecule has 0 N–H and O–H groups in total. The molecule has 0 radical (unpaired) electrons. The van der Waals surface area contributed by atoms with Gasteiger partial charge in [0, 0.05) is 0 Å². The number of thioether (sulfide) groups is 1. The van der Waals surface area contributed by atoms with Gasteiger partial charge < -0.3 is 0 Å². The summed E-state index contributed by atoms with van der Waals surface area (Å²) in [6, 6.07) is 8.60. The van der Waals surface area contributed by atoms with E-state index < -0.39 is 0 Å². The van der Waals surface area contributed by atoms with Crippen molar-refractivity contribution in [3.8, 4) is 0 Å². The van der Waals surface area contributed by atoms with Crippen LogP contribution in [0.15, 0.2) is 28.5 Å². The van der Waals surface area contributed by atoms with Gasteiger partial charge in [-0.25, -0.2) is 4.98 Å². The standard InChI is InChI=1S/C13H11NS3/c1-7-3-5-9(6-4-7)10-11-13(17-12(10)15)16-8(2)14-11/h3-6,10H,1-2H3. The molecular formula is C13H11NS3. The van der Waals surface area contributed by atoms with Crippen molar-refractivity contribution < 1.29 is 0 Å². The molecule has 4 heteroatoms. The number of thiocarbonyl (C=S) groups is 1. The van der Waals surface area contributed by atoms with Crippen LogP contribution in [0.3, 0.4) is 0 Å². The molecule has 1 nitrogen and oxygen atoms in total. The Labute approximate surface area is 114 Å². The molecule has 0 spiro atoms. The molecule has 17 heavy (non-hydrogen) atoms. The maximum atomic E-state index is 5.49. The molecule has 2 aromatic rings. The Morgan fingerprint density at radius 1 is 1.18 bits per heavy atom. The molecule has 0 fully saturated rings. The minimum Gasteiger partial charge on any atom is -0.244 e. The predicted molar refractivity (Wildman–Crippen MR) is 78.3 cm³/mol. The van der Waals surface area contributed by atoms with E-state index in [4.69, 9.17) is 12.2 Å². The first-order chi connectivity index (χ1) is 8.15. The molecule has 1 unspecified atom stereocenters. The molecule has 0 saturated heterocycles. The van der Waals surface area contributed by atoms with E-state index >= 15 is 0 Å². The molecule has 0 saturated carbocycles. The van der Waals surface area contributed by atoms with Crippen molar-refractivity contribution in [2.24, 2.45) is 0 Å². The van der Waals surface area contributed by atoms with E-state index in [0.717, 1.165) is 14.9 Å². The summed E-state index contributed by atoms with van der Waals surface area (Å²) in [5.41, 5.74) is 3.70. The van der Waals surface area contributed by atoms with Crippen LogP contribution in [0.5, 0.6) is 0 Å². The summed E-state index contributed by atoms with van der Waals surface area (Å²) in [5.74, 6) is 0.204. The number of hydrogen-bond acceptors (Lipinski definition) is 4. The van der Waals surface area contributed by atoms with Crippen molar-refractivity contribution in [2.75, 3.05) is 0 Å². The Balaban J connectivity index is 2.08. The van der Waals surface area contributed by atoms with Crippen LogP contribution in [-0.2, 0) is 0 Å². The zero-order valence-electron chi connectivity index (χ0n) is 9.56. The van der Waals surface area contributed by atoms with Crippen LogP contribution in [-0.4, -0.2) is 9.18 Å². The summed E-state index contributed by atoms with van der Waals surface area (Å²) in [6.45, 7) is 4.16. The summed E-state index contributed by atoms with van der Waals surface area (Å²) in [6.07, 6.45) is 0. The first kappa shape index (κ1) is 11.4. The number of fused-ring (bicyclic) bond motifs is 1. The number of rotatable bonds is 1. The molecule has 1 aromatic carbocycles. The van der Waals surface area contributed by atoms with E-state index in [-0.39, 0.29) is 5.92 Å². The van der Waals surface area contributed by atoms with Crippen molar-refractivity contribution in [1.82, 2.24) is 4.98 Å². The Morgan fingerprint density at radius 2 is 1.88 bits per heavy atom. The molecule has 0 bridgehead atoms. The molecule has 1 aliphatic heterocycles. The summed E-state index contributed by atoms with van der Waals surface area (Å²) >= 11 is 8.94. The summed E-state index contributed by atoms with van der Waals surface area (Å²) in [7, 11) is 0. The molecule has 1 atom stereocenters. The van der Waals surface area contributed by atoms with Crippen LogP contribution in [0.2, 0.25) is 0 Å². The fraction of sp³-hybridized carbons (Fsp3) is 0.231. The second-order valence-corrected chi connectivity index (χ2v) is 7.38. The van der Waals surface area contributed by atoms with Crippen molar-refractivity contribution in [3.63, 3.8) is 0 Å². The number of aryl methyl sites for hydroxylation is 2. The van der Waals surface area contributed by atoms with Crippen LogP contribution >= 0.6 is 35.3 Å². The second-order valence-electron chi connectivity index (χ2n) is 4.17. The van der Waals surface area contributed by atoms with Gasteiger partial charge >= 0.3 is 0 Å². The Hall–Kier alpha value is -0.710. The fourth-order valence-corrected chi connectivity index (χ4v) is 4.95. The van der Waals surface area contributed by atoms with Crippen molar-refractivity contribution in [1.29, 1.82) is 0 Å². The minimum absolute atomic E-state index is 0.204. The zero-order chi connectivity index (χ0) is 12.0. The monoisotopic (exact) mass is 277 g/mol. The third kappa shape index (κ3) is 1.94. The van der Waals surface area contributed by atoms with E-state index in [2.05, 4.69) is 43.1 Å². The fourth-order valence-electron chi connectivity index (χ4n) is 1.99. The Morgan fingerprint density at radius 3 is 2.59 bits per heavy atom. The van der Waals surface area contributed by atoms with E-state index in [9.17, 15) is 0 Å². The van der Waals surface area contributed by atoms with E-state index in [0.29, 0.717) is 0 Å². The minimum atomic E-state index is 0.204. The van der Waals surface area contributed by atoms with Gasteiger partial charge in [0.15, 0.2) is 0 Å². The number of thiazole rings is 1. The Bertz CT molecular complexity index is 583. The topological polar surface area (TPSA) is 12.9 Å². The van der Waals surface area contributed by atoms with Crippen molar-refractivity contribution >= 4 is 39.5 Å². The average Bonchev–Trinajstić information content (AvgIpc) is 2.75. The Kier molecular flexibility index (Phi) is 2.81. The van der Waals surface area contributed by atoms with Gasteiger partial charge in [-0.3, -0.25) is 0 Å². The number of aromatic nitrogens is 1. The lowest BCUT2D eigenvalue weighted by Crippen LogP contribution is -2.04. The largest absolute Gasteiger partial charge is 0.244 e. The molecule has 3 rings (SSSR count). The normalized spacial score (nSPS) is 18.5. The highest BCUT2D eigenvalue weighted by Crippen LogP contribution is 2.47. The van der Waals surface area contributed by atoms with E-state index in [1.165, 1.54) is 15.3 Å². The maximum absolute atomic E-state index is 5.49. The lowest BCUT2D eigenvalue weighted by molar-refractivity contribution is 1.01. The summed E-state index contributed by atoms with van der Waals surface area (Å²) in [5, 5.41) is 1.13. The molecule has 1 aliphatic rings. The third-order valence-electron chi connectivity index (χ3n) is 2.84. The van der Waals surface area contributed by atoms with Crippen LogP contribution in [0, 0.1) is 13.8 Å². The van der Waals surface area contributed by atoms with Gasteiger partial charge in [0.1, 0.15) is 0 Å². The van der Waals surface area contributed by atoms with Crippen molar-refractivity contribution in [2.45, 2.75) is 24.0 Å². The van der Waals surface area contributed by atoms with Gasteiger partial charge in [-0.05, 0) is 19.4 Å². The van der Waals surface area contributed by atoms with Crippen LogP contribution in [0.4, 0.5) is 0 Å². The van der Waals surface area contributed by atoms with Gasteiger partial charge in [0.2, 0.25) is 0 Å². The number of nitrogens with zero attached hydrogens (tertiary/aromatic N) is 1. The van der Waals surface area contributed by atoms with Crippen LogP contribution in [0.25, 0.3) is 0 Å². The number of hydrogen-bond donors (Lipinski definition) is 0. The van der Waals surface area contributed by atoms with Crippen molar-refractivity contribution in [3.05, 3.63) is 46.1 Å². The quantitative estimate of drug-likeness (QED) is 0.720. The van der Waals surface area contributed by atoms with Gasteiger partial charge in [-0.15, -0.1) is 11.3 Å². The predicted octanol–water partition coefficient (Wildman–Crippen LogP) is 4.32. The van der Waals surface area contributed by atoms with Crippen LogP contribution < -0.4 is 0 Å². The summed E-state index contributed by atoms with van der Waals surface area (Å²) < 4.78 is 2.31. The first-order valence-electron chi connectivity index (χ1n) is 5.41. The smallest absolute Gasteiger partial charge is 0.0909 e. The zero-order valence-corrected chi connectivity index (χ0v) is 12.0. The third-order valence-corrected chi connectivity index (χ3v) is 5.44. The molecule has 2 heterocycles. The van der Waals surface area contributed by atoms with E-state index in [1.54, 1.807) is 23.1 Å².